The molecule has 2 N–H and O–H groups in total. The molecule has 0 saturated heterocycles. The molecule has 3 rings (SSSR count). The number of rotatable bonds is 8. The van der Waals surface area contributed by atoms with E-state index in [1.807, 2.05) is 39.0 Å². The molecule has 0 aliphatic heterocycles. The molecule has 7 nitrogen and oxygen atoms in total. The summed E-state index contributed by atoms with van der Waals surface area (Å²) in [7, 11) is -3.85. The summed E-state index contributed by atoms with van der Waals surface area (Å²) >= 11 is 6.15. The summed E-state index contributed by atoms with van der Waals surface area (Å²) in [6.07, 6.45) is 0.397. The van der Waals surface area contributed by atoms with Crippen molar-refractivity contribution in [1.82, 2.24) is 5.32 Å². The van der Waals surface area contributed by atoms with Gasteiger partial charge in [-0.2, -0.15) is 0 Å². The van der Waals surface area contributed by atoms with Gasteiger partial charge >= 0.3 is 5.97 Å². The van der Waals surface area contributed by atoms with Crippen molar-refractivity contribution < 1.29 is 22.7 Å². The van der Waals surface area contributed by atoms with Crippen LogP contribution in [0.5, 0.6) is 0 Å². The Bertz CT molecular complexity index is 1540. The van der Waals surface area contributed by atoms with Gasteiger partial charge in [0.05, 0.1) is 4.90 Å². The summed E-state index contributed by atoms with van der Waals surface area (Å²) in [5, 5.41) is 3.32. The van der Waals surface area contributed by atoms with Crippen molar-refractivity contribution in [3.8, 4) is 11.1 Å². The first kappa shape index (κ1) is 31.2. The maximum absolute atomic E-state index is 13.2. The van der Waals surface area contributed by atoms with E-state index < -0.39 is 27.6 Å². The van der Waals surface area contributed by atoms with Crippen molar-refractivity contribution in [2.45, 2.75) is 78.3 Å². The van der Waals surface area contributed by atoms with E-state index in [1.54, 1.807) is 65.0 Å². The highest BCUT2D eigenvalue weighted by Crippen LogP contribution is 2.30. The number of esters is 1. The lowest BCUT2D eigenvalue weighted by Gasteiger charge is -2.24. The fourth-order valence-electron chi connectivity index (χ4n) is 4.44. The third-order valence-electron chi connectivity index (χ3n) is 6.36. The smallest absolute Gasteiger partial charge is 0.329 e. The molecule has 214 valence electrons. The van der Waals surface area contributed by atoms with Gasteiger partial charge in [0.1, 0.15) is 11.6 Å². The lowest BCUT2D eigenvalue weighted by atomic mass is 9.94. The van der Waals surface area contributed by atoms with Crippen LogP contribution < -0.4 is 10.0 Å². The molecule has 0 radical (unpaired) electrons. The second-order valence-corrected chi connectivity index (χ2v) is 13.1. The number of halogens is 1. The van der Waals surface area contributed by atoms with Crippen molar-refractivity contribution in [3.05, 3.63) is 81.4 Å². The van der Waals surface area contributed by atoms with Gasteiger partial charge in [0.15, 0.2) is 0 Å². The van der Waals surface area contributed by atoms with Crippen molar-refractivity contribution in [3.63, 3.8) is 0 Å². The molecule has 0 saturated carbocycles. The number of ether oxygens (including phenoxy) is 1. The Morgan fingerprint density at radius 3 is 2.10 bits per heavy atom. The van der Waals surface area contributed by atoms with Gasteiger partial charge in [-0.3, -0.25) is 9.52 Å². The largest absolute Gasteiger partial charge is 0.458 e. The van der Waals surface area contributed by atoms with Crippen LogP contribution in [0, 0.1) is 27.7 Å². The van der Waals surface area contributed by atoms with Gasteiger partial charge in [0.25, 0.3) is 15.9 Å². The predicted octanol–water partition coefficient (Wildman–Crippen LogP) is 6.89. The minimum Gasteiger partial charge on any atom is -0.458 e. The molecule has 40 heavy (non-hydrogen) atoms. The molecule has 1 amide bonds. The average molecular weight is 585 g/mol. The number of carbonyl (C=O) groups is 2. The van der Waals surface area contributed by atoms with E-state index in [9.17, 15) is 18.0 Å². The van der Waals surface area contributed by atoms with Crippen LogP contribution in [0.15, 0.2) is 53.4 Å². The summed E-state index contributed by atoms with van der Waals surface area (Å²) in [4.78, 5) is 25.9. The van der Waals surface area contributed by atoms with Crippen molar-refractivity contribution >= 4 is 39.2 Å². The normalized spacial score (nSPS) is 12.5. The second kappa shape index (κ2) is 12.0. The number of benzene rings is 3. The molecule has 0 aliphatic carbocycles. The first-order valence-corrected chi connectivity index (χ1v) is 14.9. The Balaban J connectivity index is 1.87. The molecular formula is C31H37ClN2O5S. The Kier molecular flexibility index (Phi) is 9.37. The van der Waals surface area contributed by atoms with Crippen molar-refractivity contribution in [2.75, 3.05) is 4.72 Å². The maximum atomic E-state index is 13.2. The fourth-order valence-corrected chi connectivity index (χ4v) is 6.02. The molecule has 0 fully saturated rings. The summed E-state index contributed by atoms with van der Waals surface area (Å²) < 4.78 is 34.4. The van der Waals surface area contributed by atoms with E-state index in [0.29, 0.717) is 33.8 Å². The molecule has 0 aromatic heterocycles. The van der Waals surface area contributed by atoms with E-state index in [0.717, 1.165) is 22.3 Å². The number of sulfonamides is 1. The molecule has 0 bridgehead atoms. The second-order valence-electron chi connectivity index (χ2n) is 11.0. The van der Waals surface area contributed by atoms with Crippen LogP contribution in [-0.4, -0.2) is 31.9 Å². The molecule has 0 aliphatic rings. The van der Waals surface area contributed by atoms with E-state index >= 15 is 0 Å². The van der Waals surface area contributed by atoms with Crippen LogP contribution in [0.2, 0.25) is 5.02 Å². The molecule has 3 aromatic carbocycles. The molecule has 3 aromatic rings. The zero-order valence-corrected chi connectivity index (χ0v) is 25.8. The van der Waals surface area contributed by atoms with Crippen LogP contribution in [0.4, 0.5) is 5.69 Å². The van der Waals surface area contributed by atoms with E-state index in [1.165, 1.54) is 0 Å². The van der Waals surface area contributed by atoms with E-state index in [4.69, 9.17) is 16.3 Å². The summed E-state index contributed by atoms with van der Waals surface area (Å²) in [5.74, 6) is -0.826. The van der Waals surface area contributed by atoms with E-state index in [-0.39, 0.29) is 10.8 Å². The SMILES string of the molecule is CCC(NC(=O)c1c(C)cc(-c2cccc(NS(=O)(=O)c3cc(C)c(Cl)cc3C)c2)cc1C)C(=O)OC(C)(C)C. The number of aryl methyl sites for hydroxylation is 4. The molecule has 9 heteroatoms. The Hall–Kier alpha value is -3.36. The van der Waals surface area contributed by atoms with Gasteiger partial charge in [-0.15, -0.1) is 0 Å². The average Bonchev–Trinajstić information content (AvgIpc) is 2.83. The molecule has 0 spiro atoms. The van der Waals surface area contributed by atoms with Crippen molar-refractivity contribution in [2.24, 2.45) is 0 Å². The fraction of sp³-hybridized carbons (Fsp3) is 0.355. The van der Waals surface area contributed by atoms with Gasteiger partial charge in [-0.1, -0.05) is 42.8 Å². The van der Waals surface area contributed by atoms with Gasteiger partial charge in [0.2, 0.25) is 0 Å². The minimum absolute atomic E-state index is 0.165. The molecular weight excluding hydrogens is 548 g/mol. The van der Waals surface area contributed by atoms with E-state index in [2.05, 4.69) is 10.0 Å². The number of hydrogen-bond donors (Lipinski definition) is 2. The summed E-state index contributed by atoms with van der Waals surface area (Å²) in [6, 6.07) is 13.3. The molecule has 1 unspecified atom stereocenters. The first-order chi connectivity index (χ1) is 18.5. The minimum atomic E-state index is -3.85. The predicted molar refractivity (Wildman–Crippen MR) is 160 cm³/mol. The standard InChI is InChI=1S/C31H37ClN2O5S/c1-9-26(30(36)39-31(6,7)8)33-29(35)28-20(4)13-23(14-21(28)5)22-11-10-12-24(17-22)34-40(37,38)27-16-18(2)25(32)15-19(27)3/h10-17,26,34H,9H2,1-8H3,(H,33,35). The third kappa shape index (κ3) is 7.43. The molecule has 1 atom stereocenters. The lowest BCUT2D eigenvalue weighted by molar-refractivity contribution is -0.157. The maximum Gasteiger partial charge on any atom is 0.329 e. The number of anilines is 1. The number of nitrogens with one attached hydrogen (secondary N) is 2. The van der Waals surface area contributed by atoms with Crippen LogP contribution in [-0.2, 0) is 19.6 Å². The van der Waals surface area contributed by atoms with Crippen LogP contribution >= 0.6 is 11.6 Å². The Morgan fingerprint density at radius 2 is 1.52 bits per heavy atom. The Morgan fingerprint density at radius 1 is 0.900 bits per heavy atom. The topological polar surface area (TPSA) is 102 Å². The van der Waals surface area contributed by atoms with Gasteiger partial charge < -0.3 is 10.1 Å². The zero-order valence-electron chi connectivity index (χ0n) is 24.2. The summed E-state index contributed by atoms with van der Waals surface area (Å²) in [6.45, 7) is 14.3. The van der Waals surface area contributed by atoms with Crippen LogP contribution in [0.25, 0.3) is 11.1 Å². The molecule has 0 heterocycles. The van der Waals surface area contributed by atoms with Gasteiger partial charge in [0, 0.05) is 16.3 Å². The van der Waals surface area contributed by atoms with Gasteiger partial charge in [-0.05, 0) is 113 Å². The van der Waals surface area contributed by atoms with Crippen LogP contribution in [0.1, 0.15) is 66.7 Å². The number of amides is 1. The monoisotopic (exact) mass is 584 g/mol. The Labute approximate surface area is 242 Å². The highest BCUT2D eigenvalue weighted by molar-refractivity contribution is 7.92. The van der Waals surface area contributed by atoms with Crippen molar-refractivity contribution in [1.29, 1.82) is 0 Å². The van der Waals surface area contributed by atoms with Gasteiger partial charge in [-0.25, -0.2) is 13.2 Å². The summed E-state index contributed by atoms with van der Waals surface area (Å²) in [5.41, 5.74) is 4.52. The van der Waals surface area contributed by atoms with Crippen LogP contribution in [0.3, 0.4) is 0 Å². The number of carbonyl (C=O) groups excluding carboxylic acids is 2. The quantitative estimate of drug-likeness (QED) is 0.281. The first-order valence-electron chi connectivity index (χ1n) is 13.1. The highest BCUT2D eigenvalue weighted by atomic mass is 35.5. The third-order valence-corrected chi connectivity index (χ3v) is 8.29. The lowest BCUT2D eigenvalue weighted by Crippen LogP contribution is -2.44. The highest BCUT2D eigenvalue weighted by Gasteiger charge is 2.27. The zero-order chi connectivity index (χ0) is 30.0. The number of hydrogen-bond acceptors (Lipinski definition) is 5.